The fourth-order valence-electron chi connectivity index (χ4n) is 12.1. The normalized spacial score (nSPS) is 15.0. The zero-order chi connectivity index (χ0) is 46.9. The number of benzene rings is 11. The first-order chi connectivity index (χ1) is 35.2. The summed E-state index contributed by atoms with van der Waals surface area (Å²) in [7, 11) is 0. The molecule has 3 aliphatic rings. The Labute approximate surface area is 415 Å². The highest BCUT2D eigenvalue weighted by molar-refractivity contribution is 6.03. The van der Waals surface area contributed by atoms with E-state index in [1.807, 2.05) is 0 Å². The summed E-state index contributed by atoms with van der Waals surface area (Å²) in [5, 5.41) is 5.03. The summed E-state index contributed by atoms with van der Waals surface area (Å²) in [5.41, 5.74) is 21.7. The molecule has 0 N–H and O–H groups in total. The molecule has 334 valence electrons. The molecule has 2 heteroatoms. The van der Waals surface area contributed by atoms with E-state index >= 15 is 0 Å². The predicted molar refractivity (Wildman–Crippen MR) is 299 cm³/mol. The Morgan fingerprint density at radius 2 is 0.775 bits per heavy atom. The van der Waals surface area contributed by atoms with Crippen LogP contribution in [-0.2, 0) is 5.41 Å². The predicted octanol–water partition coefficient (Wildman–Crippen LogP) is 18.7. The van der Waals surface area contributed by atoms with Crippen LogP contribution in [0.3, 0.4) is 0 Å². The van der Waals surface area contributed by atoms with E-state index in [9.17, 15) is 0 Å². The van der Waals surface area contributed by atoms with Crippen molar-refractivity contribution in [1.29, 1.82) is 0 Å². The molecule has 71 heavy (non-hydrogen) atoms. The van der Waals surface area contributed by atoms with Gasteiger partial charge in [0.15, 0.2) is 0 Å². The maximum absolute atomic E-state index is 2.53. The number of rotatable bonds is 8. The molecule has 0 saturated carbocycles. The van der Waals surface area contributed by atoms with Gasteiger partial charge in [-0.15, -0.1) is 0 Å². The third-order valence-corrected chi connectivity index (χ3v) is 15.3. The monoisotopic (exact) mass is 904 g/mol. The number of hydrogen-bond donors (Lipinski definition) is 0. The van der Waals surface area contributed by atoms with Crippen LogP contribution in [0.25, 0.3) is 60.5 Å². The average Bonchev–Trinajstić information content (AvgIpc) is 3.89. The summed E-state index contributed by atoms with van der Waals surface area (Å²) in [6, 6.07) is 92.5. The van der Waals surface area contributed by atoms with Gasteiger partial charge in [-0.25, -0.2) is 0 Å². The van der Waals surface area contributed by atoms with Crippen LogP contribution < -0.4 is 9.80 Å². The lowest BCUT2D eigenvalue weighted by Crippen LogP contribution is -2.26. The van der Waals surface area contributed by atoms with Crippen molar-refractivity contribution in [3.8, 4) is 33.4 Å². The van der Waals surface area contributed by atoms with Gasteiger partial charge in [-0.05, 0) is 187 Å². The number of hydrogen-bond acceptors (Lipinski definition) is 2. The molecule has 1 atom stereocenters. The molecule has 14 rings (SSSR count). The van der Waals surface area contributed by atoms with Crippen molar-refractivity contribution in [3.63, 3.8) is 0 Å². The topological polar surface area (TPSA) is 6.48 Å². The number of allylic oxidation sites excluding steroid dienone is 4. The van der Waals surface area contributed by atoms with E-state index in [2.05, 4.69) is 277 Å². The molecule has 0 aromatic heterocycles. The molecule has 1 spiro atoms. The van der Waals surface area contributed by atoms with Crippen molar-refractivity contribution >= 4 is 61.2 Å². The standard InChI is InChI=1S/C69H48N2/c1-4-18-47(19-5-1)48-32-34-55(35-33-48)70(54-26-8-3-9-27-54)56-36-38-57(39-37-56)71(68-31-17-15-28-59(68)49-20-6-2-7-21-49)58-40-41-61-63-43-51-23-11-13-25-53(51)45-66(63)69(67(61)46-58)64-30-16-14-29-60(64)62-42-50-22-10-12-24-52(50)44-65(62)69/h1-6,8-20,22-46H,7,21H2. The van der Waals surface area contributed by atoms with E-state index in [1.54, 1.807) is 0 Å². The molecular formula is C69H48N2. The van der Waals surface area contributed by atoms with Gasteiger partial charge in [0.05, 0.1) is 11.1 Å². The molecule has 3 aliphatic carbocycles. The maximum Gasteiger partial charge on any atom is 0.0726 e. The first kappa shape index (κ1) is 41.0. The van der Waals surface area contributed by atoms with Crippen molar-refractivity contribution in [3.05, 3.63) is 295 Å². The van der Waals surface area contributed by atoms with Gasteiger partial charge in [-0.1, -0.05) is 176 Å². The molecule has 0 bridgehead atoms. The van der Waals surface area contributed by atoms with Gasteiger partial charge in [-0.3, -0.25) is 0 Å². The second-order valence-corrected chi connectivity index (χ2v) is 19.1. The van der Waals surface area contributed by atoms with Crippen LogP contribution >= 0.6 is 0 Å². The molecule has 1 unspecified atom stereocenters. The summed E-state index contributed by atoms with van der Waals surface area (Å²) in [4.78, 5) is 4.87. The fourth-order valence-corrected chi connectivity index (χ4v) is 12.1. The number of anilines is 6. The van der Waals surface area contributed by atoms with E-state index < -0.39 is 5.41 Å². The van der Waals surface area contributed by atoms with E-state index in [1.165, 1.54) is 88.3 Å². The number of nitrogens with zero attached hydrogens (tertiary/aromatic N) is 2. The minimum Gasteiger partial charge on any atom is -0.311 e. The van der Waals surface area contributed by atoms with Gasteiger partial charge in [-0.2, -0.15) is 0 Å². The molecule has 0 saturated heterocycles. The van der Waals surface area contributed by atoms with Crippen LogP contribution in [-0.4, -0.2) is 0 Å². The Morgan fingerprint density at radius 1 is 0.310 bits per heavy atom. The first-order valence-electron chi connectivity index (χ1n) is 24.9. The van der Waals surface area contributed by atoms with Crippen LogP contribution in [0.15, 0.2) is 267 Å². The largest absolute Gasteiger partial charge is 0.311 e. The Hall–Kier alpha value is -8.98. The lowest BCUT2D eigenvalue weighted by molar-refractivity contribution is 0.796. The lowest BCUT2D eigenvalue weighted by Gasteiger charge is -2.33. The smallest absolute Gasteiger partial charge is 0.0726 e. The average molecular weight is 905 g/mol. The second-order valence-electron chi connectivity index (χ2n) is 19.1. The molecule has 0 fully saturated rings. The van der Waals surface area contributed by atoms with Gasteiger partial charge in [0.2, 0.25) is 0 Å². The minimum absolute atomic E-state index is 0.543. The summed E-state index contributed by atoms with van der Waals surface area (Å²) in [5.74, 6) is 0. The Kier molecular flexibility index (Phi) is 9.60. The van der Waals surface area contributed by atoms with E-state index in [0.717, 1.165) is 47.0 Å². The van der Waals surface area contributed by atoms with Gasteiger partial charge in [0, 0.05) is 34.0 Å². The quantitative estimate of drug-likeness (QED) is 0.150. The lowest BCUT2D eigenvalue weighted by atomic mass is 9.70. The van der Waals surface area contributed by atoms with Gasteiger partial charge in [0.1, 0.15) is 0 Å². The fraction of sp³-hybridized carbons (Fsp3) is 0.0435. The molecule has 0 heterocycles. The van der Waals surface area contributed by atoms with Crippen LogP contribution in [0, 0.1) is 0 Å². The van der Waals surface area contributed by atoms with Crippen LogP contribution in [0.1, 0.15) is 40.7 Å². The number of para-hydroxylation sites is 2. The third kappa shape index (κ3) is 6.56. The van der Waals surface area contributed by atoms with Crippen molar-refractivity contribution < 1.29 is 0 Å². The zero-order valence-corrected chi connectivity index (χ0v) is 39.2. The van der Waals surface area contributed by atoms with Crippen molar-refractivity contribution in [2.75, 3.05) is 9.80 Å². The Balaban J connectivity index is 0.981. The van der Waals surface area contributed by atoms with Gasteiger partial charge >= 0.3 is 0 Å². The molecule has 0 amide bonds. The third-order valence-electron chi connectivity index (χ3n) is 15.3. The van der Waals surface area contributed by atoms with Gasteiger partial charge in [0.25, 0.3) is 0 Å². The van der Waals surface area contributed by atoms with Crippen LogP contribution in [0.2, 0.25) is 0 Å². The molecular weight excluding hydrogens is 857 g/mol. The minimum atomic E-state index is -0.543. The summed E-state index contributed by atoms with van der Waals surface area (Å²) in [6.45, 7) is 0. The Bertz CT molecular complexity index is 3900. The second kappa shape index (κ2) is 16.6. The van der Waals surface area contributed by atoms with Crippen LogP contribution in [0.5, 0.6) is 0 Å². The Morgan fingerprint density at radius 3 is 1.41 bits per heavy atom. The molecule has 11 aromatic carbocycles. The molecule has 2 nitrogen and oxygen atoms in total. The SMILES string of the molecule is C1=CCCC(c2ccccc2N(c2ccc(N(c3ccccc3)c3ccc(-c4ccccc4)cc3)cc2)c2ccc3c(c2)C2(c4ccccc4-c4cc5ccccc5cc42)c2cc4ccccc4cc2-3)=C1. The highest BCUT2D eigenvalue weighted by Gasteiger charge is 2.52. The zero-order valence-electron chi connectivity index (χ0n) is 39.2. The first-order valence-corrected chi connectivity index (χ1v) is 24.9. The number of fused-ring (bicyclic) bond motifs is 12. The van der Waals surface area contributed by atoms with E-state index in [-0.39, 0.29) is 0 Å². The van der Waals surface area contributed by atoms with E-state index in [0.29, 0.717) is 0 Å². The highest BCUT2D eigenvalue weighted by Crippen LogP contribution is 2.64. The van der Waals surface area contributed by atoms with Crippen LogP contribution in [0.4, 0.5) is 34.1 Å². The maximum atomic E-state index is 2.53. The molecule has 0 radical (unpaired) electrons. The molecule has 11 aromatic rings. The van der Waals surface area contributed by atoms with Crippen molar-refractivity contribution in [2.24, 2.45) is 0 Å². The highest BCUT2D eigenvalue weighted by atomic mass is 15.2. The van der Waals surface area contributed by atoms with Crippen molar-refractivity contribution in [1.82, 2.24) is 0 Å². The van der Waals surface area contributed by atoms with Gasteiger partial charge < -0.3 is 9.80 Å². The van der Waals surface area contributed by atoms with Crippen molar-refractivity contribution in [2.45, 2.75) is 18.3 Å². The van der Waals surface area contributed by atoms with E-state index in [4.69, 9.17) is 0 Å². The summed E-state index contributed by atoms with van der Waals surface area (Å²) in [6.07, 6.45) is 8.82. The molecule has 0 aliphatic heterocycles. The summed E-state index contributed by atoms with van der Waals surface area (Å²) >= 11 is 0. The summed E-state index contributed by atoms with van der Waals surface area (Å²) < 4.78 is 0.